The van der Waals surface area contributed by atoms with Gasteiger partial charge in [0, 0.05) is 26.1 Å². The molecule has 1 heterocycles. The summed E-state index contributed by atoms with van der Waals surface area (Å²) in [6, 6.07) is 2.28. The Balaban J connectivity index is 1.70. The number of hydrogen-bond acceptors (Lipinski definition) is 3. The van der Waals surface area contributed by atoms with Gasteiger partial charge in [0.1, 0.15) is 0 Å². The van der Waals surface area contributed by atoms with E-state index in [9.17, 15) is 0 Å². The van der Waals surface area contributed by atoms with Crippen molar-refractivity contribution in [3.8, 4) is 6.07 Å². The van der Waals surface area contributed by atoms with Gasteiger partial charge in [0.25, 0.3) is 0 Å². The van der Waals surface area contributed by atoms with Crippen LogP contribution in [0.2, 0.25) is 0 Å². The molecule has 2 fully saturated rings. The van der Waals surface area contributed by atoms with Gasteiger partial charge in [-0.15, -0.1) is 0 Å². The van der Waals surface area contributed by atoms with E-state index in [0.29, 0.717) is 12.3 Å². The minimum Gasteiger partial charge on any atom is -0.381 e. The van der Waals surface area contributed by atoms with Crippen molar-refractivity contribution in [3.05, 3.63) is 0 Å². The molecule has 3 nitrogen and oxygen atoms in total. The van der Waals surface area contributed by atoms with Gasteiger partial charge in [-0.2, -0.15) is 5.26 Å². The Bertz CT molecular complexity index is 262. The van der Waals surface area contributed by atoms with E-state index in [0.717, 1.165) is 32.2 Å². The van der Waals surface area contributed by atoms with Gasteiger partial charge >= 0.3 is 0 Å². The maximum Gasteiger partial charge on any atom is 0.0635 e. The third-order valence-electron chi connectivity index (χ3n) is 4.41. The number of nitrogens with zero attached hydrogens (tertiary/aromatic N) is 2. The Labute approximate surface area is 111 Å². The van der Waals surface area contributed by atoms with E-state index < -0.39 is 0 Å². The summed E-state index contributed by atoms with van der Waals surface area (Å²) in [6.45, 7) is 5.11. The Hall–Kier alpha value is -0.590. The van der Waals surface area contributed by atoms with Crippen molar-refractivity contribution in [1.82, 2.24) is 4.90 Å². The van der Waals surface area contributed by atoms with Gasteiger partial charge < -0.3 is 9.64 Å². The summed E-state index contributed by atoms with van der Waals surface area (Å²) < 4.78 is 5.45. The van der Waals surface area contributed by atoms with Gasteiger partial charge in [0.15, 0.2) is 0 Å². The van der Waals surface area contributed by atoms with Gasteiger partial charge in [-0.1, -0.05) is 25.7 Å². The normalized spacial score (nSPS) is 24.8. The van der Waals surface area contributed by atoms with Crippen molar-refractivity contribution in [2.24, 2.45) is 11.8 Å². The molecule has 18 heavy (non-hydrogen) atoms. The highest BCUT2D eigenvalue weighted by Gasteiger charge is 2.21. The zero-order valence-electron chi connectivity index (χ0n) is 11.4. The lowest BCUT2D eigenvalue weighted by atomic mass is 10.0. The molecule has 0 spiro atoms. The van der Waals surface area contributed by atoms with Gasteiger partial charge in [0.2, 0.25) is 0 Å². The monoisotopic (exact) mass is 250 g/mol. The molecule has 0 aromatic carbocycles. The molecule has 2 aliphatic rings. The molecule has 1 saturated heterocycles. The number of rotatable bonds is 7. The van der Waals surface area contributed by atoms with E-state index in [1.165, 1.54) is 45.1 Å². The topological polar surface area (TPSA) is 36.3 Å². The van der Waals surface area contributed by atoms with E-state index in [4.69, 9.17) is 10.00 Å². The lowest BCUT2D eigenvalue weighted by molar-refractivity contribution is 0.164. The molecular formula is C15H26N2O. The first-order valence-corrected chi connectivity index (χ1v) is 7.55. The molecule has 2 rings (SSSR count). The molecule has 0 aromatic heterocycles. The Morgan fingerprint density at radius 2 is 1.94 bits per heavy atom. The van der Waals surface area contributed by atoms with E-state index in [1.807, 2.05) is 0 Å². The first kappa shape index (κ1) is 13.8. The van der Waals surface area contributed by atoms with Crippen LogP contribution in [0.4, 0.5) is 0 Å². The van der Waals surface area contributed by atoms with E-state index in [2.05, 4.69) is 11.0 Å². The van der Waals surface area contributed by atoms with E-state index in [1.54, 1.807) is 0 Å². The van der Waals surface area contributed by atoms with Crippen molar-refractivity contribution < 1.29 is 4.74 Å². The maximum atomic E-state index is 8.75. The third kappa shape index (κ3) is 4.59. The minimum atomic E-state index is 0.665. The Morgan fingerprint density at radius 1 is 1.11 bits per heavy atom. The van der Waals surface area contributed by atoms with E-state index in [-0.39, 0.29) is 0 Å². The SMILES string of the molecule is N#CCCN(CCC1CCCC1)C[C@@H]1CCOC1. The summed E-state index contributed by atoms with van der Waals surface area (Å²) >= 11 is 0. The first-order chi connectivity index (χ1) is 8.88. The van der Waals surface area contributed by atoms with Crippen molar-refractivity contribution in [3.63, 3.8) is 0 Å². The van der Waals surface area contributed by atoms with Crippen LogP contribution in [0.5, 0.6) is 0 Å². The molecule has 1 aliphatic heterocycles. The molecule has 1 saturated carbocycles. The number of nitriles is 1. The van der Waals surface area contributed by atoms with Gasteiger partial charge in [-0.05, 0) is 31.2 Å². The number of hydrogen-bond donors (Lipinski definition) is 0. The van der Waals surface area contributed by atoms with Crippen LogP contribution in [0.3, 0.4) is 0 Å². The third-order valence-corrected chi connectivity index (χ3v) is 4.41. The van der Waals surface area contributed by atoms with Crippen LogP contribution in [-0.2, 0) is 4.74 Å². The van der Waals surface area contributed by atoms with Crippen molar-refractivity contribution in [1.29, 1.82) is 5.26 Å². The van der Waals surface area contributed by atoms with Gasteiger partial charge in [0.05, 0.1) is 12.7 Å². The van der Waals surface area contributed by atoms with Crippen LogP contribution < -0.4 is 0 Å². The largest absolute Gasteiger partial charge is 0.381 e. The van der Waals surface area contributed by atoms with Gasteiger partial charge in [-0.25, -0.2) is 0 Å². The van der Waals surface area contributed by atoms with Gasteiger partial charge in [-0.3, -0.25) is 0 Å². The van der Waals surface area contributed by atoms with Crippen molar-refractivity contribution >= 4 is 0 Å². The van der Waals surface area contributed by atoms with Crippen LogP contribution in [0.1, 0.15) is 44.9 Å². The van der Waals surface area contributed by atoms with Crippen LogP contribution in [0, 0.1) is 23.2 Å². The summed E-state index contributed by atoms with van der Waals surface area (Å²) in [5.41, 5.74) is 0. The predicted octanol–water partition coefficient (Wildman–Crippen LogP) is 2.82. The minimum absolute atomic E-state index is 0.665. The summed E-state index contributed by atoms with van der Waals surface area (Å²) in [6.07, 6.45) is 8.92. The van der Waals surface area contributed by atoms with Crippen molar-refractivity contribution in [2.45, 2.75) is 44.9 Å². The maximum absolute atomic E-state index is 8.75. The lowest BCUT2D eigenvalue weighted by Gasteiger charge is -2.25. The highest BCUT2D eigenvalue weighted by atomic mass is 16.5. The fraction of sp³-hybridized carbons (Fsp3) is 0.933. The second-order valence-electron chi connectivity index (χ2n) is 5.88. The number of ether oxygens (including phenoxy) is 1. The zero-order chi connectivity index (χ0) is 12.6. The molecule has 0 N–H and O–H groups in total. The molecule has 0 amide bonds. The molecule has 0 unspecified atom stereocenters. The molecule has 3 heteroatoms. The predicted molar refractivity (Wildman–Crippen MR) is 72.2 cm³/mol. The molecule has 102 valence electrons. The standard InChI is InChI=1S/C15H26N2O/c16-8-3-9-17(12-15-7-11-18-13-15)10-6-14-4-1-2-5-14/h14-15H,1-7,9-13H2/t15-/m0/s1. The zero-order valence-corrected chi connectivity index (χ0v) is 11.4. The smallest absolute Gasteiger partial charge is 0.0635 e. The molecule has 1 aliphatic carbocycles. The van der Waals surface area contributed by atoms with Crippen LogP contribution >= 0.6 is 0 Å². The fourth-order valence-electron chi connectivity index (χ4n) is 3.26. The molecule has 0 radical (unpaired) electrons. The van der Waals surface area contributed by atoms with Crippen LogP contribution in [0.15, 0.2) is 0 Å². The van der Waals surface area contributed by atoms with Crippen LogP contribution in [0.25, 0.3) is 0 Å². The second kappa shape index (κ2) is 7.76. The highest BCUT2D eigenvalue weighted by Crippen LogP contribution is 2.27. The molecule has 0 bridgehead atoms. The summed E-state index contributed by atoms with van der Waals surface area (Å²) in [5, 5.41) is 8.75. The fourth-order valence-corrected chi connectivity index (χ4v) is 3.26. The Morgan fingerprint density at radius 3 is 2.61 bits per heavy atom. The average molecular weight is 250 g/mol. The lowest BCUT2D eigenvalue weighted by Crippen LogP contribution is -2.32. The Kier molecular flexibility index (Phi) is 5.96. The highest BCUT2D eigenvalue weighted by molar-refractivity contribution is 4.77. The quantitative estimate of drug-likeness (QED) is 0.697. The van der Waals surface area contributed by atoms with Crippen LogP contribution in [-0.4, -0.2) is 37.7 Å². The van der Waals surface area contributed by atoms with Crippen molar-refractivity contribution in [2.75, 3.05) is 32.8 Å². The first-order valence-electron chi connectivity index (χ1n) is 7.55. The molecule has 0 aromatic rings. The van der Waals surface area contributed by atoms with E-state index >= 15 is 0 Å². The average Bonchev–Trinajstić information content (AvgIpc) is 3.05. The molecular weight excluding hydrogens is 224 g/mol. The summed E-state index contributed by atoms with van der Waals surface area (Å²) in [7, 11) is 0. The second-order valence-corrected chi connectivity index (χ2v) is 5.88. The molecule has 1 atom stereocenters. The summed E-state index contributed by atoms with van der Waals surface area (Å²) in [5.74, 6) is 1.65. The summed E-state index contributed by atoms with van der Waals surface area (Å²) in [4.78, 5) is 2.50.